The van der Waals surface area contributed by atoms with E-state index in [1.807, 2.05) is 31.2 Å². The molecule has 0 saturated carbocycles. The Morgan fingerprint density at radius 1 is 1.44 bits per heavy atom. The average Bonchev–Trinajstić information content (AvgIpc) is 2.33. The van der Waals surface area contributed by atoms with Gasteiger partial charge in [-0.3, -0.25) is 0 Å². The lowest BCUT2D eigenvalue weighted by atomic mass is 9.98. The summed E-state index contributed by atoms with van der Waals surface area (Å²) >= 11 is 0. The summed E-state index contributed by atoms with van der Waals surface area (Å²) in [6, 6.07) is 7.98. The molecule has 0 amide bonds. The van der Waals surface area contributed by atoms with Crippen molar-refractivity contribution in [1.82, 2.24) is 0 Å². The van der Waals surface area contributed by atoms with E-state index in [-0.39, 0.29) is 18.6 Å². The smallest absolute Gasteiger partial charge is 0.0826 e. The van der Waals surface area contributed by atoms with Crippen LogP contribution in [0.15, 0.2) is 24.3 Å². The van der Waals surface area contributed by atoms with Crippen LogP contribution < -0.4 is 4.90 Å². The number of para-hydroxylation sites is 1. The maximum absolute atomic E-state index is 9.89. The van der Waals surface area contributed by atoms with E-state index in [2.05, 4.69) is 4.90 Å². The van der Waals surface area contributed by atoms with E-state index in [0.717, 1.165) is 30.8 Å². The normalized spacial score (nSPS) is 21.7. The Morgan fingerprint density at radius 2 is 2.19 bits per heavy atom. The largest absolute Gasteiger partial charge is 0.396 e. The maximum atomic E-state index is 9.89. The minimum atomic E-state index is -0.336. The zero-order valence-electron chi connectivity index (χ0n) is 9.63. The Labute approximate surface area is 96.3 Å². The second kappa shape index (κ2) is 4.85. The van der Waals surface area contributed by atoms with E-state index in [1.165, 1.54) is 0 Å². The third-order valence-electron chi connectivity index (χ3n) is 3.15. The molecule has 16 heavy (non-hydrogen) atoms. The second-order valence-electron chi connectivity index (χ2n) is 4.60. The van der Waals surface area contributed by atoms with Gasteiger partial charge in [-0.05, 0) is 18.4 Å². The molecular weight excluding hydrogens is 202 g/mol. The first-order valence-corrected chi connectivity index (χ1v) is 5.85. The highest BCUT2D eigenvalue weighted by atomic mass is 16.3. The number of hydrogen-bond acceptors (Lipinski definition) is 3. The van der Waals surface area contributed by atoms with Gasteiger partial charge < -0.3 is 15.1 Å². The van der Waals surface area contributed by atoms with Gasteiger partial charge in [-0.1, -0.05) is 25.1 Å². The molecule has 1 aromatic rings. The Bertz CT molecular complexity index is 354. The third kappa shape index (κ3) is 2.20. The second-order valence-corrected chi connectivity index (χ2v) is 4.60. The van der Waals surface area contributed by atoms with Crippen LogP contribution >= 0.6 is 0 Å². The lowest BCUT2D eigenvalue weighted by Gasteiger charge is -2.35. The fourth-order valence-electron chi connectivity index (χ4n) is 2.23. The molecule has 1 aliphatic heterocycles. The van der Waals surface area contributed by atoms with Crippen molar-refractivity contribution in [3.63, 3.8) is 0 Å². The van der Waals surface area contributed by atoms with E-state index in [4.69, 9.17) is 5.11 Å². The molecule has 0 saturated heterocycles. The van der Waals surface area contributed by atoms with Crippen molar-refractivity contribution in [3.8, 4) is 0 Å². The molecule has 0 aromatic heterocycles. The van der Waals surface area contributed by atoms with Gasteiger partial charge in [0, 0.05) is 30.9 Å². The number of fused-ring (bicyclic) bond motifs is 1. The van der Waals surface area contributed by atoms with Crippen molar-refractivity contribution in [2.45, 2.75) is 19.4 Å². The first-order chi connectivity index (χ1) is 7.72. The lowest BCUT2D eigenvalue weighted by molar-refractivity contribution is 0.162. The SMILES string of the molecule is CC(CO)CN1CCC(O)c2ccccc21. The third-order valence-corrected chi connectivity index (χ3v) is 3.15. The zero-order chi connectivity index (χ0) is 11.5. The van der Waals surface area contributed by atoms with Crippen LogP contribution in [0.25, 0.3) is 0 Å². The topological polar surface area (TPSA) is 43.7 Å². The molecule has 1 heterocycles. The molecule has 0 aliphatic carbocycles. The molecule has 2 N–H and O–H groups in total. The molecule has 2 atom stereocenters. The highest BCUT2D eigenvalue weighted by Crippen LogP contribution is 2.33. The Morgan fingerprint density at radius 3 is 2.94 bits per heavy atom. The van der Waals surface area contributed by atoms with Crippen LogP contribution in [0.5, 0.6) is 0 Å². The molecule has 1 aromatic carbocycles. The molecule has 3 heteroatoms. The van der Waals surface area contributed by atoms with Gasteiger partial charge in [0.1, 0.15) is 0 Å². The van der Waals surface area contributed by atoms with Crippen LogP contribution in [0.2, 0.25) is 0 Å². The van der Waals surface area contributed by atoms with Gasteiger partial charge in [0.15, 0.2) is 0 Å². The van der Waals surface area contributed by atoms with Crippen molar-refractivity contribution >= 4 is 5.69 Å². The fourth-order valence-corrected chi connectivity index (χ4v) is 2.23. The molecular formula is C13H19NO2. The average molecular weight is 221 g/mol. The van der Waals surface area contributed by atoms with Crippen LogP contribution in [-0.2, 0) is 0 Å². The molecule has 3 nitrogen and oxygen atoms in total. The van der Waals surface area contributed by atoms with E-state index >= 15 is 0 Å². The number of nitrogens with zero attached hydrogens (tertiary/aromatic N) is 1. The maximum Gasteiger partial charge on any atom is 0.0826 e. The summed E-state index contributed by atoms with van der Waals surface area (Å²) < 4.78 is 0. The first kappa shape index (κ1) is 11.4. The predicted molar refractivity (Wildman–Crippen MR) is 64.5 cm³/mol. The van der Waals surface area contributed by atoms with Crippen LogP contribution in [0.3, 0.4) is 0 Å². The Balaban J connectivity index is 2.21. The summed E-state index contributed by atoms with van der Waals surface area (Å²) in [4.78, 5) is 2.25. The van der Waals surface area contributed by atoms with Crippen LogP contribution in [0, 0.1) is 5.92 Å². The van der Waals surface area contributed by atoms with Crippen molar-refractivity contribution in [1.29, 1.82) is 0 Å². The van der Waals surface area contributed by atoms with Crippen LogP contribution in [0.1, 0.15) is 25.0 Å². The summed E-state index contributed by atoms with van der Waals surface area (Å²) in [6.45, 7) is 3.96. The molecule has 2 rings (SSSR count). The number of rotatable bonds is 3. The van der Waals surface area contributed by atoms with E-state index in [9.17, 15) is 5.11 Å². The number of aliphatic hydroxyl groups excluding tert-OH is 2. The van der Waals surface area contributed by atoms with E-state index < -0.39 is 0 Å². The first-order valence-electron chi connectivity index (χ1n) is 5.85. The number of anilines is 1. The van der Waals surface area contributed by atoms with Crippen LogP contribution in [-0.4, -0.2) is 29.9 Å². The predicted octanol–water partition coefficient (Wildman–Crippen LogP) is 1.56. The minimum Gasteiger partial charge on any atom is -0.396 e. The van der Waals surface area contributed by atoms with Gasteiger partial charge >= 0.3 is 0 Å². The van der Waals surface area contributed by atoms with Gasteiger partial charge in [-0.15, -0.1) is 0 Å². The number of hydrogen-bond donors (Lipinski definition) is 2. The molecule has 0 fully saturated rings. The summed E-state index contributed by atoms with van der Waals surface area (Å²) in [6.07, 6.45) is 0.437. The minimum absolute atomic E-state index is 0.210. The fraction of sp³-hybridized carbons (Fsp3) is 0.538. The zero-order valence-corrected chi connectivity index (χ0v) is 9.63. The van der Waals surface area contributed by atoms with Gasteiger partial charge in [0.05, 0.1) is 6.10 Å². The standard InChI is InChI=1S/C13H19NO2/c1-10(9-15)8-14-7-6-13(16)11-4-2-3-5-12(11)14/h2-5,10,13,15-16H,6-9H2,1H3. The molecule has 0 bridgehead atoms. The van der Waals surface area contributed by atoms with Gasteiger partial charge in [-0.2, -0.15) is 0 Å². The Hall–Kier alpha value is -1.06. The van der Waals surface area contributed by atoms with Crippen molar-refractivity contribution in [2.75, 3.05) is 24.6 Å². The summed E-state index contributed by atoms with van der Waals surface area (Å²) in [7, 11) is 0. The molecule has 2 unspecified atom stereocenters. The molecule has 0 radical (unpaired) electrons. The van der Waals surface area contributed by atoms with Crippen LogP contribution in [0.4, 0.5) is 5.69 Å². The number of aliphatic hydroxyl groups is 2. The van der Waals surface area contributed by atoms with E-state index in [0.29, 0.717) is 0 Å². The summed E-state index contributed by atoms with van der Waals surface area (Å²) in [5.41, 5.74) is 2.13. The van der Waals surface area contributed by atoms with Gasteiger partial charge in [0.25, 0.3) is 0 Å². The summed E-state index contributed by atoms with van der Waals surface area (Å²) in [5.74, 6) is 0.267. The quantitative estimate of drug-likeness (QED) is 0.814. The monoisotopic (exact) mass is 221 g/mol. The summed E-state index contributed by atoms with van der Waals surface area (Å²) in [5, 5.41) is 19.0. The molecule has 1 aliphatic rings. The Kier molecular flexibility index (Phi) is 3.46. The highest BCUT2D eigenvalue weighted by Gasteiger charge is 2.23. The number of benzene rings is 1. The van der Waals surface area contributed by atoms with Crippen molar-refractivity contribution in [2.24, 2.45) is 5.92 Å². The molecule has 0 spiro atoms. The highest BCUT2D eigenvalue weighted by molar-refractivity contribution is 5.56. The van der Waals surface area contributed by atoms with E-state index in [1.54, 1.807) is 0 Å². The lowest BCUT2D eigenvalue weighted by Crippen LogP contribution is -2.35. The van der Waals surface area contributed by atoms with Crippen molar-refractivity contribution in [3.05, 3.63) is 29.8 Å². The van der Waals surface area contributed by atoms with Crippen molar-refractivity contribution < 1.29 is 10.2 Å². The van der Waals surface area contributed by atoms with Gasteiger partial charge in [0.2, 0.25) is 0 Å². The van der Waals surface area contributed by atoms with Gasteiger partial charge in [-0.25, -0.2) is 0 Å². The molecule has 88 valence electrons.